The SMILES string of the molecule is CCC(C)(C#N)NC(=O)COC(C)(C)C. The molecule has 0 aliphatic heterocycles. The normalized spacial score (nSPS) is 15.2. The van der Waals surface area contributed by atoms with Crippen LogP contribution in [0, 0.1) is 11.3 Å². The summed E-state index contributed by atoms with van der Waals surface area (Å²) < 4.78 is 5.30. The van der Waals surface area contributed by atoms with Gasteiger partial charge in [0.25, 0.3) is 0 Å². The first-order valence-electron chi connectivity index (χ1n) is 5.08. The molecule has 0 bridgehead atoms. The van der Waals surface area contributed by atoms with Gasteiger partial charge in [0.05, 0.1) is 11.7 Å². The molecular formula is C11H20N2O2. The zero-order chi connectivity index (χ0) is 12.1. The van der Waals surface area contributed by atoms with Crippen LogP contribution in [0.15, 0.2) is 0 Å². The molecule has 1 N–H and O–H groups in total. The fraction of sp³-hybridized carbons (Fsp3) is 0.818. The largest absolute Gasteiger partial charge is 0.366 e. The molecule has 0 radical (unpaired) electrons. The standard InChI is InChI=1S/C11H20N2O2/c1-6-11(5,8-12)13-9(14)7-15-10(2,3)4/h6-7H2,1-5H3,(H,13,14). The van der Waals surface area contributed by atoms with Crippen molar-refractivity contribution in [2.45, 2.75) is 52.2 Å². The molecule has 0 rings (SSSR count). The fourth-order valence-corrected chi connectivity index (χ4v) is 0.821. The number of ether oxygens (including phenoxy) is 1. The summed E-state index contributed by atoms with van der Waals surface area (Å²) in [4.78, 5) is 11.4. The number of carbonyl (C=O) groups excluding carboxylic acids is 1. The Kier molecular flexibility index (Phi) is 4.76. The molecule has 0 fully saturated rings. The molecule has 0 aliphatic rings. The van der Waals surface area contributed by atoms with E-state index in [2.05, 4.69) is 11.4 Å². The highest BCUT2D eigenvalue weighted by Crippen LogP contribution is 2.08. The number of carbonyl (C=O) groups is 1. The summed E-state index contributed by atoms with van der Waals surface area (Å²) in [5.74, 6) is -0.254. The van der Waals surface area contributed by atoms with Gasteiger partial charge in [-0.1, -0.05) is 6.92 Å². The van der Waals surface area contributed by atoms with Crippen molar-refractivity contribution in [2.24, 2.45) is 0 Å². The summed E-state index contributed by atoms with van der Waals surface area (Å²) >= 11 is 0. The zero-order valence-corrected chi connectivity index (χ0v) is 10.2. The molecule has 0 saturated heterocycles. The van der Waals surface area contributed by atoms with Crippen molar-refractivity contribution in [3.8, 4) is 6.07 Å². The molecule has 15 heavy (non-hydrogen) atoms. The molecule has 0 spiro atoms. The van der Waals surface area contributed by atoms with Gasteiger partial charge >= 0.3 is 0 Å². The highest BCUT2D eigenvalue weighted by molar-refractivity contribution is 5.78. The van der Waals surface area contributed by atoms with E-state index in [1.807, 2.05) is 27.7 Å². The van der Waals surface area contributed by atoms with E-state index in [4.69, 9.17) is 10.00 Å². The lowest BCUT2D eigenvalue weighted by molar-refractivity contribution is -0.131. The highest BCUT2D eigenvalue weighted by atomic mass is 16.5. The highest BCUT2D eigenvalue weighted by Gasteiger charge is 2.24. The summed E-state index contributed by atoms with van der Waals surface area (Å²) in [5.41, 5.74) is -1.13. The quantitative estimate of drug-likeness (QED) is 0.770. The van der Waals surface area contributed by atoms with Crippen molar-refractivity contribution in [3.05, 3.63) is 0 Å². The maximum Gasteiger partial charge on any atom is 0.247 e. The molecule has 4 nitrogen and oxygen atoms in total. The lowest BCUT2D eigenvalue weighted by Gasteiger charge is -2.23. The van der Waals surface area contributed by atoms with E-state index in [1.165, 1.54) is 0 Å². The average Bonchev–Trinajstić information content (AvgIpc) is 2.13. The molecule has 1 unspecified atom stereocenters. The number of nitrogens with zero attached hydrogens (tertiary/aromatic N) is 1. The summed E-state index contributed by atoms with van der Waals surface area (Å²) in [5, 5.41) is 11.5. The molecule has 1 amide bonds. The minimum atomic E-state index is -0.793. The molecular weight excluding hydrogens is 192 g/mol. The summed E-state index contributed by atoms with van der Waals surface area (Å²) in [6.07, 6.45) is 0.574. The Labute approximate surface area is 91.6 Å². The maximum atomic E-state index is 11.4. The van der Waals surface area contributed by atoms with E-state index in [0.29, 0.717) is 6.42 Å². The first kappa shape index (κ1) is 13.9. The number of nitriles is 1. The predicted molar refractivity (Wildman–Crippen MR) is 58.2 cm³/mol. The second-order valence-corrected chi connectivity index (χ2v) is 4.75. The zero-order valence-electron chi connectivity index (χ0n) is 10.2. The van der Waals surface area contributed by atoms with Crippen LogP contribution in [0.25, 0.3) is 0 Å². The van der Waals surface area contributed by atoms with Crippen LogP contribution in [0.2, 0.25) is 0 Å². The van der Waals surface area contributed by atoms with Gasteiger partial charge in [-0.3, -0.25) is 4.79 Å². The molecule has 0 aromatic carbocycles. The van der Waals surface area contributed by atoms with Gasteiger partial charge in [0.2, 0.25) is 5.91 Å². The van der Waals surface area contributed by atoms with E-state index in [-0.39, 0.29) is 18.1 Å². The number of hydrogen-bond acceptors (Lipinski definition) is 3. The Bertz CT molecular complexity index is 263. The number of amides is 1. The second-order valence-electron chi connectivity index (χ2n) is 4.75. The third-order valence-electron chi connectivity index (χ3n) is 2.01. The van der Waals surface area contributed by atoms with Gasteiger partial charge in [-0.2, -0.15) is 5.26 Å². The Morgan fingerprint density at radius 1 is 1.40 bits per heavy atom. The van der Waals surface area contributed by atoms with E-state index in [1.54, 1.807) is 6.92 Å². The molecule has 1 atom stereocenters. The van der Waals surface area contributed by atoms with Crippen molar-refractivity contribution in [3.63, 3.8) is 0 Å². The molecule has 4 heteroatoms. The summed E-state index contributed by atoms with van der Waals surface area (Å²) in [7, 11) is 0. The molecule has 0 aromatic heterocycles. The van der Waals surface area contributed by atoms with Crippen molar-refractivity contribution in [2.75, 3.05) is 6.61 Å². The minimum absolute atomic E-state index is 0.0131. The van der Waals surface area contributed by atoms with Gasteiger partial charge in [-0.25, -0.2) is 0 Å². The van der Waals surface area contributed by atoms with Crippen molar-refractivity contribution in [1.82, 2.24) is 5.32 Å². The number of hydrogen-bond donors (Lipinski definition) is 1. The molecule has 0 aromatic rings. The Morgan fingerprint density at radius 3 is 2.27 bits per heavy atom. The van der Waals surface area contributed by atoms with Crippen LogP contribution in [0.3, 0.4) is 0 Å². The molecule has 0 aliphatic carbocycles. The topological polar surface area (TPSA) is 62.1 Å². The van der Waals surface area contributed by atoms with Crippen LogP contribution in [0.5, 0.6) is 0 Å². The first-order chi connectivity index (χ1) is 6.72. The lowest BCUT2D eigenvalue weighted by Crippen LogP contribution is -2.46. The van der Waals surface area contributed by atoms with E-state index in [0.717, 1.165) is 0 Å². The second kappa shape index (κ2) is 5.13. The Balaban J connectivity index is 4.11. The Morgan fingerprint density at radius 2 is 1.93 bits per heavy atom. The smallest absolute Gasteiger partial charge is 0.247 e. The van der Waals surface area contributed by atoms with E-state index >= 15 is 0 Å². The van der Waals surface area contributed by atoms with Crippen molar-refractivity contribution in [1.29, 1.82) is 5.26 Å². The van der Waals surface area contributed by atoms with Crippen molar-refractivity contribution < 1.29 is 9.53 Å². The lowest BCUT2D eigenvalue weighted by atomic mass is 10.0. The van der Waals surface area contributed by atoms with Gasteiger partial charge in [0.15, 0.2) is 0 Å². The van der Waals surface area contributed by atoms with Crippen LogP contribution in [-0.2, 0) is 9.53 Å². The third-order valence-corrected chi connectivity index (χ3v) is 2.01. The van der Waals surface area contributed by atoms with Gasteiger partial charge in [-0.15, -0.1) is 0 Å². The van der Waals surface area contributed by atoms with Gasteiger partial charge in [-0.05, 0) is 34.1 Å². The molecule has 86 valence electrons. The Hall–Kier alpha value is -1.08. The molecule has 0 heterocycles. The average molecular weight is 212 g/mol. The number of nitrogens with one attached hydrogen (secondary N) is 1. The summed E-state index contributed by atoms with van der Waals surface area (Å²) in [6.45, 7) is 9.17. The maximum absolute atomic E-state index is 11.4. The van der Waals surface area contributed by atoms with Crippen molar-refractivity contribution >= 4 is 5.91 Å². The van der Waals surface area contributed by atoms with Crippen LogP contribution >= 0.6 is 0 Å². The van der Waals surface area contributed by atoms with Gasteiger partial charge in [0.1, 0.15) is 12.1 Å². The van der Waals surface area contributed by atoms with Gasteiger partial charge in [0, 0.05) is 0 Å². The first-order valence-corrected chi connectivity index (χ1v) is 5.08. The summed E-state index contributed by atoms with van der Waals surface area (Å²) in [6, 6.07) is 2.07. The molecule has 0 saturated carbocycles. The third kappa shape index (κ3) is 6.08. The monoisotopic (exact) mass is 212 g/mol. The van der Waals surface area contributed by atoms with Crippen LogP contribution in [-0.4, -0.2) is 23.7 Å². The fourth-order valence-electron chi connectivity index (χ4n) is 0.821. The van der Waals surface area contributed by atoms with Crippen LogP contribution in [0.4, 0.5) is 0 Å². The van der Waals surface area contributed by atoms with Crippen LogP contribution in [0.1, 0.15) is 41.0 Å². The van der Waals surface area contributed by atoms with Crippen LogP contribution < -0.4 is 5.32 Å². The van der Waals surface area contributed by atoms with E-state index in [9.17, 15) is 4.79 Å². The minimum Gasteiger partial charge on any atom is -0.366 e. The predicted octanol–water partition coefficient (Wildman–Crippen LogP) is 1.61. The van der Waals surface area contributed by atoms with Gasteiger partial charge < -0.3 is 10.1 Å². The van der Waals surface area contributed by atoms with E-state index < -0.39 is 5.54 Å². The number of rotatable bonds is 4.